The van der Waals surface area contributed by atoms with Crippen molar-refractivity contribution in [3.05, 3.63) is 0 Å². The van der Waals surface area contributed by atoms with Crippen LogP contribution in [0.5, 0.6) is 0 Å². The number of rotatable bonds is 6. The van der Waals surface area contributed by atoms with Gasteiger partial charge in [0.05, 0.1) is 12.6 Å². The molecule has 14 heavy (non-hydrogen) atoms. The van der Waals surface area contributed by atoms with Crippen LogP contribution in [0.4, 0.5) is 0 Å². The van der Waals surface area contributed by atoms with Gasteiger partial charge in [0, 0.05) is 0 Å². The molecule has 0 aromatic carbocycles. The predicted molar refractivity (Wildman–Crippen MR) is 54.7 cm³/mol. The maximum absolute atomic E-state index is 12.0. The molecular weight excluding hydrogens is 205 g/mol. The summed E-state index contributed by atoms with van der Waals surface area (Å²) in [6.45, 7) is 3.37. The van der Waals surface area contributed by atoms with Crippen LogP contribution in [-0.4, -0.2) is 37.3 Å². The molecule has 0 heterocycles. The zero-order valence-electron chi connectivity index (χ0n) is 8.98. The van der Waals surface area contributed by atoms with Crippen LogP contribution in [0.3, 0.4) is 0 Å². The Morgan fingerprint density at radius 1 is 1.57 bits per heavy atom. The summed E-state index contributed by atoms with van der Waals surface area (Å²) in [6.07, 6.45) is -0.191. The van der Waals surface area contributed by atoms with E-state index in [0.29, 0.717) is 0 Å². The fourth-order valence-electron chi connectivity index (χ4n) is 0.737. The van der Waals surface area contributed by atoms with Crippen LogP contribution in [0, 0.1) is 0 Å². The summed E-state index contributed by atoms with van der Waals surface area (Å²) in [5.74, 6) is -0.570. The first kappa shape index (κ1) is 13.6. The van der Waals surface area contributed by atoms with Crippen LogP contribution in [0.1, 0.15) is 13.8 Å². The van der Waals surface area contributed by atoms with Crippen molar-refractivity contribution in [2.75, 3.05) is 20.6 Å². The molecule has 1 atom stereocenters. The van der Waals surface area contributed by atoms with Gasteiger partial charge in [0.1, 0.15) is 0 Å². The normalized spacial score (nSPS) is 15.9. The molecule has 0 radical (unpaired) electrons. The quantitative estimate of drug-likeness (QED) is 0.626. The van der Waals surface area contributed by atoms with E-state index in [1.165, 1.54) is 4.67 Å². The van der Waals surface area contributed by atoms with Crippen molar-refractivity contribution >= 4 is 13.6 Å². The Labute approximate surface area is 84.3 Å². The van der Waals surface area contributed by atoms with E-state index >= 15 is 0 Å². The van der Waals surface area contributed by atoms with E-state index in [4.69, 9.17) is 10.3 Å². The first-order valence-electron chi connectivity index (χ1n) is 4.27. The molecule has 6 nitrogen and oxygen atoms in total. The average Bonchev–Trinajstić information content (AvgIpc) is 1.99. The highest BCUT2D eigenvalue weighted by molar-refractivity contribution is 7.54. The van der Waals surface area contributed by atoms with Gasteiger partial charge in [0.15, 0.2) is 0 Å². The Hall–Kier alpha value is -0.420. The molecule has 0 aliphatic carbocycles. The average molecular weight is 223 g/mol. The fraction of sp³-hybridized carbons (Fsp3) is 0.857. The molecule has 1 amide bonds. The third-order valence-corrected chi connectivity index (χ3v) is 3.65. The van der Waals surface area contributed by atoms with Gasteiger partial charge in [-0.1, -0.05) is 0 Å². The third kappa shape index (κ3) is 4.72. The Bertz CT molecular complexity index is 242. The minimum Gasteiger partial charge on any atom is -0.369 e. The lowest BCUT2D eigenvalue weighted by atomic mass is 10.5. The zero-order chi connectivity index (χ0) is 11.4. The largest absolute Gasteiger partial charge is 0.369 e. The molecule has 0 rings (SSSR count). The van der Waals surface area contributed by atoms with Gasteiger partial charge in [-0.15, -0.1) is 0 Å². The van der Waals surface area contributed by atoms with E-state index in [1.54, 1.807) is 27.9 Å². The van der Waals surface area contributed by atoms with Gasteiger partial charge in [-0.2, -0.15) is 0 Å². The summed E-state index contributed by atoms with van der Waals surface area (Å²) in [5, 5.41) is 2.51. The second-order valence-corrected chi connectivity index (χ2v) is 5.69. The van der Waals surface area contributed by atoms with Crippen molar-refractivity contribution in [3.8, 4) is 0 Å². The molecule has 0 saturated carbocycles. The lowest BCUT2D eigenvalue weighted by molar-refractivity contribution is -0.117. The molecule has 0 aliphatic heterocycles. The molecule has 0 fully saturated rings. The van der Waals surface area contributed by atoms with Gasteiger partial charge >= 0.3 is 7.67 Å². The Morgan fingerprint density at radius 3 is 2.36 bits per heavy atom. The maximum atomic E-state index is 12.0. The molecule has 3 N–H and O–H groups in total. The second kappa shape index (κ2) is 5.46. The highest BCUT2D eigenvalue weighted by atomic mass is 31.2. The van der Waals surface area contributed by atoms with Crippen LogP contribution in [0.2, 0.25) is 0 Å². The second-order valence-electron chi connectivity index (χ2n) is 3.32. The Balaban J connectivity index is 4.40. The molecule has 7 heteroatoms. The topological polar surface area (TPSA) is 84.7 Å². The van der Waals surface area contributed by atoms with Crippen LogP contribution < -0.4 is 10.8 Å². The standard InChI is InChI=1S/C7H18N3O3P/c1-6(2)13-14(12,10(3)4)9-5-7(8)11/h6H,5H2,1-4H3,(H2,8,11)(H,9,12). The van der Waals surface area contributed by atoms with Gasteiger partial charge < -0.3 is 10.3 Å². The molecular formula is C7H18N3O3P. The highest BCUT2D eigenvalue weighted by Crippen LogP contribution is 2.45. The summed E-state index contributed by atoms with van der Waals surface area (Å²) < 4.78 is 18.6. The molecule has 0 bridgehead atoms. The van der Waals surface area contributed by atoms with E-state index in [1.807, 2.05) is 0 Å². The Morgan fingerprint density at radius 2 is 2.07 bits per heavy atom. The number of hydrogen-bond acceptors (Lipinski definition) is 3. The van der Waals surface area contributed by atoms with Crippen LogP contribution in [0.25, 0.3) is 0 Å². The van der Waals surface area contributed by atoms with Crippen molar-refractivity contribution in [3.63, 3.8) is 0 Å². The summed E-state index contributed by atoms with van der Waals surface area (Å²) in [7, 11) is 0.0978. The van der Waals surface area contributed by atoms with Crippen molar-refractivity contribution in [2.45, 2.75) is 20.0 Å². The molecule has 0 aromatic rings. The molecule has 1 unspecified atom stereocenters. The van der Waals surface area contributed by atoms with Gasteiger partial charge in [-0.05, 0) is 27.9 Å². The zero-order valence-corrected chi connectivity index (χ0v) is 9.88. The lowest BCUT2D eigenvalue weighted by Gasteiger charge is -2.26. The van der Waals surface area contributed by atoms with Crippen molar-refractivity contribution < 1.29 is 13.9 Å². The van der Waals surface area contributed by atoms with Crippen molar-refractivity contribution in [1.29, 1.82) is 0 Å². The summed E-state index contributed by atoms with van der Waals surface area (Å²) in [5.41, 5.74) is 4.93. The Kier molecular flexibility index (Phi) is 5.29. The molecule has 0 saturated heterocycles. The smallest absolute Gasteiger partial charge is 0.343 e. The fourth-order valence-corrected chi connectivity index (χ4v) is 2.21. The van der Waals surface area contributed by atoms with Crippen LogP contribution >= 0.6 is 7.67 Å². The van der Waals surface area contributed by atoms with Crippen molar-refractivity contribution in [2.24, 2.45) is 5.73 Å². The number of nitrogens with one attached hydrogen (secondary N) is 1. The SMILES string of the molecule is CC(C)OP(=O)(NCC(N)=O)N(C)C. The van der Waals surface area contributed by atoms with Crippen LogP contribution in [-0.2, 0) is 13.9 Å². The van der Waals surface area contributed by atoms with Crippen LogP contribution in [0.15, 0.2) is 0 Å². The molecule has 84 valence electrons. The third-order valence-electron chi connectivity index (χ3n) is 1.33. The minimum atomic E-state index is -3.12. The molecule has 0 spiro atoms. The predicted octanol–water partition coefficient (Wildman–Crippen LogP) is 0.156. The number of nitrogens with two attached hydrogens (primary N) is 1. The summed E-state index contributed by atoms with van der Waals surface area (Å²) in [6, 6.07) is 0. The first-order valence-corrected chi connectivity index (χ1v) is 5.85. The number of primary amides is 1. The highest BCUT2D eigenvalue weighted by Gasteiger charge is 2.27. The number of carbonyl (C=O) groups excluding carboxylic acids is 1. The number of carbonyl (C=O) groups is 1. The van der Waals surface area contributed by atoms with Gasteiger partial charge in [0.25, 0.3) is 0 Å². The van der Waals surface area contributed by atoms with E-state index in [2.05, 4.69) is 5.09 Å². The van der Waals surface area contributed by atoms with Crippen molar-refractivity contribution in [1.82, 2.24) is 9.76 Å². The van der Waals surface area contributed by atoms with Gasteiger partial charge in [-0.25, -0.2) is 9.76 Å². The van der Waals surface area contributed by atoms with E-state index in [0.717, 1.165) is 0 Å². The van der Waals surface area contributed by atoms with E-state index in [-0.39, 0.29) is 12.6 Å². The van der Waals surface area contributed by atoms with E-state index < -0.39 is 13.6 Å². The monoisotopic (exact) mass is 223 g/mol. The molecule has 0 aromatic heterocycles. The van der Waals surface area contributed by atoms with Gasteiger partial charge in [0.2, 0.25) is 5.91 Å². The maximum Gasteiger partial charge on any atom is 0.343 e. The van der Waals surface area contributed by atoms with E-state index in [9.17, 15) is 9.36 Å². The van der Waals surface area contributed by atoms with Gasteiger partial charge in [-0.3, -0.25) is 9.36 Å². The number of amides is 1. The summed E-state index contributed by atoms with van der Waals surface area (Å²) >= 11 is 0. The summed E-state index contributed by atoms with van der Waals surface area (Å²) in [4.78, 5) is 10.5. The lowest BCUT2D eigenvalue weighted by Crippen LogP contribution is -2.32. The minimum absolute atomic E-state index is 0.165. The molecule has 0 aliphatic rings. The first-order chi connectivity index (χ1) is 6.28. The number of hydrogen-bond donors (Lipinski definition) is 2. The number of nitrogens with zero attached hydrogens (tertiary/aromatic N) is 1.